The van der Waals surface area contributed by atoms with Gasteiger partial charge in [0, 0.05) is 25.1 Å². The molecule has 0 aromatic heterocycles. The Morgan fingerprint density at radius 3 is 2.24 bits per heavy atom. The second-order valence-corrected chi connectivity index (χ2v) is 9.25. The van der Waals surface area contributed by atoms with Crippen LogP contribution in [0, 0.1) is 0 Å². The first kappa shape index (κ1) is 23.8. The normalized spacial score (nSPS) is 10.9. The van der Waals surface area contributed by atoms with E-state index in [4.69, 9.17) is 9.47 Å². The summed E-state index contributed by atoms with van der Waals surface area (Å²) in [5.41, 5.74) is 2.17. The Hall–Kier alpha value is -3.85. The summed E-state index contributed by atoms with van der Waals surface area (Å²) in [5, 5.41) is 2.79. The van der Waals surface area contributed by atoms with Crippen molar-refractivity contribution in [3.05, 3.63) is 72.3 Å². The number of carbonyl (C=O) groups is 2. The highest BCUT2D eigenvalue weighted by molar-refractivity contribution is 7.92. The number of benzene rings is 3. The second kappa shape index (κ2) is 9.74. The Bertz CT molecular complexity index is 1290. The van der Waals surface area contributed by atoms with E-state index in [0.717, 1.165) is 10.6 Å². The lowest BCUT2D eigenvalue weighted by atomic mass is 10.0. The number of ether oxygens (including phenoxy) is 2. The molecule has 33 heavy (non-hydrogen) atoms. The maximum atomic E-state index is 12.9. The molecule has 0 aliphatic rings. The predicted molar refractivity (Wildman–Crippen MR) is 127 cm³/mol. The number of methoxy groups -OCH3 is 1. The van der Waals surface area contributed by atoms with Crippen LogP contribution in [0.15, 0.2) is 66.7 Å². The number of esters is 1. The van der Waals surface area contributed by atoms with E-state index in [2.05, 4.69) is 5.32 Å². The summed E-state index contributed by atoms with van der Waals surface area (Å²) in [6.45, 7) is 1.31. The fourth-order valence-electron chi connectivity index (χ4n) is 3.14. The van der Waals surface area contributed by atoms with Gasteiger partial charge in [-0.2, -0.15) is 0 Å². The van der Waals surface area contributed by atoms with E-state index in [-0.39, 0.29) is 11.4 Å². The molecule has 0 aliphatic carbocycles. The van der Waals surface area contributed by atoms with Crippen LogP contribution in [0.5, 0.6) is 11.5 Å². The van der Waals surface area contributed by atoms with Gasteiger partial charge in [0.1, 0.15) is 11.5 Å². The van der Waals surface area contributed by atoms with Gasteiger partial charge in [-0.05, 0) is 48.0 Å². The van der Waals surface area contributed by atoms with Crippen molar-refractivity contribution in [1.29, 1.82) is 0 Å². The molecule has 0 radical (unpaired) electrons. The van der Waals surface area contributed by atoms with E-state index in [0.29, 0.717) is 28.2 Å². The lowest BCUT2D eigenvalue weighted by Gasteiger charge is -2.22. The number of rotatable bonds is 7. The Labute approximate surface area is 192 Å². The van der Waals surface area contributed by atoms with Crippen LogP contribution in [0.1, 0.15) is 17.3 Å². The van der Waals surface area contributed by atoms with Gasteiger partial charge in [0.05, 0.1) is 24.7 Å². The minimum Gasteiger partial charge on any atom is -0.497 e. The van der Waals surface area contributed by atoms with Gasteiger partial charge in [0.15, 0.2) is 0 Å². The van der Waals surface area contributed by atoms with Gasteiger partial charge in [0.2, 0.25) is 10.0 Å². The third-order valence-electron chi connectivity index (χ3n) is 4.89. The van der Waals surface area contributed by atoms with Gasteiger partial charge in [0.25, 0.3) is 5.91 Å². The van der Waals surface area contributed by atoms with E-state index in [9.17, 15) is 18.0 Å². The van der Waals surface area contributed by atoms with E-state index in [1.165, 1.54) is 21.1 Å². The highest BCUT2D eigenvalue weighted by Crippen LogP contribution is 2.36. The number of sulfonamides is 1. The summed E-state index contributed by atoms with van der Waals surface area (Å²) in [5.74, 6) is 0.0601. The van der Waals surface area contributed by atoms with Crippen LogP contribution in [0.4, 0.5) is 11.4 Å². The maximum absolute atomic E-state index is 12.9. The van der Waals surface area contributed by atoms with Crippen LogP contribution in [0.2, 0.25) is 0 Å². The number of anilines is 2. The molecule has 0 fully saturated rings. The van der Waals surface area contributed by atoms with Crippen molar-refractivity contribution in [2.75, 3.05) is 30.0 Å². The molecular formula is C24H24N2O6S. The van der Waals surface area contributed by atoms with Gasteiger partial charge in [-0.3, -0.25) is 13.9 Å². The zero-order chi connectivity index (χ0) is 24.2. The SMILES string of the molecule is COc1ccc(C(=O)Nc2cc(-c3ccccc3OC(C)=O)ccc2N(C)S(C)(=O)=O)cc1. The van der Waals surface area contributed by atoms with Crippen molar-refractivity contribution in [3.63, 3.8) is 0 Å². The van der Waals surface area contributed by atoms with Crippen molar-refractivity contribution in [2.24, 2.45) is 0 Å². The Morgan fingerprint density at radius 2 is 1.64 bits per heavy atom. The quantitative estimate of drug-likeness (QED) is 0.416. The molecule has 0 unspecified atom stereocenters. The fourth-order valence-corrected chi connectivity index (χ4v) is 3.66. The summed E-state index contributed by atoms with van der Waals surface area (Å²) in [4.78, 5) is 24.4. The van der Waals surface area contributed by atoms with E-state index < -0.39 is 21.9 Å². The van der Waals surface area contributed by atoms with Crippen molar-refractivity contribution in [1.82, 2.24) is 0 Å². The van der Waals surface area contributed by atoms with Crippen molar-refractivity contribution >= 4 is 33.3 Å². The van der Waals surface area contributed by atoms with Crippen LogP contribution >= 0.6 is 0 Å². The Balaban J connectivity index is 2.07. The molecule has 172 valence electrons. The Morgan fingerprint density at radius 1 is 0.970 bits per heavy atom. The Kier molecular flexibility index (Phi) is 7.03. The van der Waals surface area contributed by atoms with Gasteiger partial charge < -0.3 is 14.8 Å². The van der Waals surface area contributed by atoms with Crippen LogP contribution in [0.3, 0.4) is 0 Å². The fraction of sp³-hybridized carbons (Fsp3) is 0.167. The van der Waals surface area contributed by atoms with Gasteiger partial charge in [-0.25, -0.2) is 8.42 Å². The van der Waals surface area contributed by atoms with Crippen molar-refractivity contribution in [3.8, 4) is 22.6 Å². The first-order valence-electron chi connectivity index (χ1n) is 9.91. The molecule has 0 heterocycles. The summed E-state index contributed by atoms with van der Waals surface area (Å²) in [7, 11) is -0.661. The van der Waals surface area contributed by atoms with Crippen molar-refractivity contribution < 1.29 is 27.5 Å². The highest BCUT2D eigenvalue weighted by Gasteiger charge is 2.20. The summed E-state index contributed by atoms with van der Waals surface area (Å²) < 4.78 is 35.9. The van der Waals surface area contributed by atoms with Crippen LogP contribution in [-0.2, 0) is 14.8 Å². The lowest BCUT2D eigenvalue weighted by Crippen LogP contribution is -2.26. The number of nitrogens with one attached hydrogen (secondary N) is 1. The summed E-state index contributed by atoms with van der Waals surface area (Å²) in [6.07, 6.45) is 1.08. The van der Waals surface area contributed by atoms with Crippen LogP contribution in [-0.4, -0.2) is 40.7 Å². The van der Waals surface area contributed by atoms with Crippen LogP contribution in [0.25, 0.3) is 11.1 Å². The summed E-state index contributed by atoms with van der Waals surface area (Å²) in [6, 6.07) is 18.4. The number of amides is 1. The predicted octanol–water partition coefficient (Wildman–Crippen LogP) is 3.94. The van der Waals surface area contributed by atoms with E-state index in [1.807, 2.05) is 0 Å². The molecule has 8 nitrogen and oxygen atoms in total. The highest BCUT2D eigenvalue weighted by atomic mass is 32.2. The molecule has 0 saturated carbocycles. The number of nitrogens with zero attached hydrogens (tertiary/aromatic N) is 1. The van der Waals surface area contributed by atoms with E-state index in [1.54, 1.807) is 66.7 Å². The standard InChI is InChI=1S/C24H24N2O6S/c1-16(27)32-23-8-6-5-7-20(23)18-11-14-22(26(2)33(4,29)30)21(15-18)25-24(28)17-9-12-19(31-3)13-10-17/h5-15H,1-4H3,(H,25,28). The molecular weight excluding hydrogens is 444 g/mol. The van der Waals surface area contributed by atoms with Gasteiger partial charge in [-0.1, -0.05) is 24.3 Å². The number of para-hydroxylation sites is 1. The van der Waals surface area contributed by atoms with Gasteiger partial charge in [-0.15, -0.1) is 0 Å². The maximum Gasteiger partial charge on any atom is 0.308 e. The van der Waals surface area contributed by atoms with Gasteiger partial charge >= 0.3 is 5.97 Å². The lowest BCUT2D eigenvalue weighted by molar-refractivity contribution is -0.131. The molecule has 3 aromatic carbocycles. The molecule has 0 bridgehead atoms. The average molecular weight is 469 g/mol. The molecule has 1 amide bonds. The zero-order valence-electron chi connectivity index (χ0n) is 18.7. The monoisotopic (exact) mass is 468 g/mol. The molecule has 0 atom stereocenters. The van der Waals surface area contributed by atoms with Crippen LogP contribution < -0.4 is 19.1 Å². The first-order chi connectivity index (χ1) is 15.6. The number of carbonyl (C=O) groups excluding carboxylic acids is 2. The molecule has 9 heteroatoms. The largest absolute Gasteiger partial charge is 0.497 e. The average Bonchev–Trinajstić information content (AvgIpc) is 2.78. The smallest absolute Gasteiger partial charge is 0.308 e. The first-order valence-corrected chi connectivity index (χ1v) is 11.8. The van der Waals surface area contributed by atoms with Crippen molar-refractivity contribution in [2.45, 2.75) is 6.92 Å². The third kappa shape index (κ3) is 5.69. The zero-order valence-corrected chi connectivity index (χ0v) is 19.5. The molecule has 3 aromatic rings. The number of hydrogen-bond acceptors (Lipinski definition) is 6. The molecule has 0 aliphatic heterocycles. The minimum absolute atomic E-state index is 0.277. The molecule has 0 spiro atoms. The third-order valence-corrected chi connectivity index (χ3v) is 6.08. The number of hydrogen-bond donors (Lipinski definition) is 1. The molecule has 1 N–H and O–H groups in total. The molecule has 0 saturated heterocycles. The van der Waals surface area contributed by atoms with E-state index >= 15 is 0 Å². The topological polar surface area (TPSA) is 102 Å². The molecule has 3 rings (SSSR count). The second-order valence-electron chi connectivity index (χ2n) is 7.23. The summed E-state index contributed by atoms with van der Waals surface area (Å²) >= 11 is 0. The minimum atomic E-state index is -3.59.